The lowest BCUT2D eigenvalue weighted by Crippen LogP contribution is -2.21. The van der Waals surface area contributed by atoms with Gasteiger partial charge in [0, 0.05) is 11.9 Å². The maximum atomic E-state index is 11.9. The SMILES string of the molecule is Cc1ccc(NC(=O)Nc2ncccc2C)c(C)c1. The molecule has 0 saturated heterocycles. The second-order valence-corrected chi connectivity index (χ2v) is 4.57. The molecule has 0 aliphatic heterocycles. The fraction of sp³-hybridized carbons (Fsp3) is 0.200. The van der Waals surface area contributed by atoms with Crippen molar-refractivity contribution in [1.82, 2.24) is 4.98 Å². The standard InChI is InChI=1S/C15H17N3O/c1-10-6-7-13(12(3)9-10)17-15(19)18-14-11(2)5-4-8-16-14/h4-9H,1-3H3,(H2,16,17,18,19). The van der Waals surface area contributed by atoms with E-state index in [1.165, 1.54) is 5.56 Å². The predicted octanol–water partition coefficient (Wildman–Crippen LogP) is 3.65. The maximum absolute atomic E-state index is 11.9. The highest BCUT2D eigenvalue weighted by Gasteiger charge is 2.07. The quantitative estimate of drug-likeness (QED) is 0.860. The van der Waals surface area contributed by atoms with Crippen LogP contribution >= 0.6 is 0 Å². The monoisotopic (exact) mass is 255 g/mol. The third-order valence-corrected chi connectivity index (χ3v) is 2.87. The number of urea groups is 1. The zero-order valence-corrected chi connectivity index (χ0v) is 11.3. The average Bonchev–Trinajstić information content (AvgIpc) is 2.36. The molecule has 98 valence electrons. The summed E-state index contributed by atoms with van der Waals surface area (Å²) in [4.78, 5) is 16.0. The number of carbonyl (C=O) groups excluding carboxylic acids is 1. The Labute approximate surface area is 112 Å². The lowest BCUT2D eigenvalue weighted by atomic mass is 10.1. The van der Waals surface area contributed by atoms with Crippen molar-refractivity contribution in [2.45, 2.75) is 20.8 Å². The Kier molecular flexibility index (Phi) is 3.80. The summed E-state index contributed by atoms with van der Waals surface area (Å²) in [5.74, 6) is 0.574. The molecule has 2 aromatic rings. The fourth-order valence-electron chi connectivity index (χ4n) is 1.83. The van der Waals surface area contributed by atoms with Gasteiger partial charge in [0.15, 0.2) is 0 Å². The summed E-state index contributed by atoms with van der Waals surface area (Å²) >= 11 is 0. The van der Waals surface area contributed by atoms with Crippen LogP contribution in [0.3, 0.4) is 0 Å². The maximum Gasteiger partial charge on any atom is 0.324 e. The fourth-order valence-corrected chi connectivity index (χ4v) is 1.83. The summed E-state index contributed by atoms with van der Waals surface area (Å²) < 4.78 is 0. The van der Waals surface area contributed by atoms with E-state index in [-0.39, 0.29) is 6.03 Å². The van der Waals surface area contributed by atoms with Crippen LogP contribution in [0, 0.1) is 20.8 Å². The summed E-state index contributed by atoms with van der Waals surface area (Å²) in [5, 5.41) is 5.56. The smallest absolute Gasteiger partial charge is 0.307 e. The van der Waals surface area contributed by atoms with E-state index in [0.717, 1.165) is 16.8 Å². The van der Waals surface area contributed by atoms with Crippen LogP contribution in [-0.4, -0.2) is 11.0 Å². The number of hydrogen-bond donors (Lipinski definition) is 2. The second-order valence-electron chi connectivity index (χ2n) is 4.57. The highest BCUT2D eigenvalue weighted by molar-refractivity contribution is 6.00. The Morgan fingerprint density at radius 3 is 2.53 bits per heavy atom. The van der Waals surface area contributed by atoms with E-state index in [1.807, 2.05) is 51.1 Å². The molecule has 0 bridgehead atoms. The molecule has 2 N–H and O–H groups in total. The number of rotatable bonds is 2. The van der Waals surface area contributed by atoms with Crippen LogP contribution in [0.15, 0.2) is 36.5 Å². The first-order chi connectivity index (χ1) is 9.06. The molecule has 2 amide bonds. The minimum Gasteiger partial charge on any atom is -0.307 e. The molecular weight excluding hydrogens is 238 g/mol. The molecule has 1 heterocycles. The minimum atomic E-state index is -0.284. The highest BCUT2D eigenvalue weighted by atomic mass is 16.2. The van der Waals surface area contributed by atoms with Gasteiger partial charge in [0.25, 0.3) is 0 Å². The Morgan fingerprint density at radius 1 is 1.05 bits per heavy atom. The molecule has 4 nitrogen and oxygen atoms in total. The van der Waals surface area contributed by atoms with E-state index in [9.17, 15) is 4.79 Å². The first-order valence-electron chi connectivity index (χ1n) is 6.13. The number of pyridine rings is 1. The summed E-state index contributed by atoms with van der Waals surface area (Å²) in [5.41, 5.74) is 3.94. The van der Waals surface area contributed by atoms with Crippen LogP contribution in [0.1, 0.15) is 16.7 Å². The van der Waals surface area contributed by atoms with E-state index in [0.29, 0.717) is 5.82 Å². The number of benzene rings is 1. The first-order valence-corrected chi connectivity index (χ1v) is 6.13. The van der Waals surface area contributed by atoms with Gasteiger partial charge in [-0.15, -0.1) is 0 Å². The number of aromatic nitrogens is 1. The Hall–Kier alpha value is -2.36. The summed E-state index contributed by atoms with van der Waals surface area (Å²) in [7, 11) is 0. The first kappa shape index (κ1) is 13.1. The van der Waals surface area contributed by atoms with E-state index >= 15 is 0 Å². The molecule has 4 heteroatoms. The molecule has 1 aromatic carbocycles. The minimum absolute atomic E-state index is 0.284. The molecule has 2 rings (SSSR count). The largest absolute Gasteiger partial charge is 0.324 e. The molecule has 0 atom stereocenters. The van der Waals surface area contributed by atoms with Gasteiger partial charge >= 0.3 is 6.03 Å². The molecular formula is C15H17N3O. The van der Waals surface area contributed by atoms with Gasteiger partial charge in [-0.05, 0) is 44.0 Å². The number of aryl methyl sites for hydroxylation is 3. The molecule has 0 unspecified atom stereocenters. The van der Waals surface area contributed by atoms with Crippen molar-refractivity contribution in [2.75, 3.05) is 10.6 Å². The van der Waals surface area contributed by atoms with Crippen molar-refractivity contribution < 1.29 is 4.79 Å². The van der Waals surface area contributed by atoms with Crippen LogP contribution in [0.4, 0.5) is 16.3 Å². The van der Waals surface area contributed by atoms with Gasteiger partial charge in [-0.3, -0.25) is 5.32 Å². The Bertz CT molecular complexity index is 608. The normalized spacial score (nSPS) is 10.1. The number of amides is 2. The van der Waals surface area contributed by atoms with E-state index in [4.69, 9.17) is 0 Å². The van der Waals surface area contributed by atoms with E-state index < -0.39 is 0 Å². The molecule has 0 saturated carbocycles. The summed E-state index contributed by atoms with van der Waals surface area (Å²) in [6, 6.07) is 9.35. The highest BCUT2D eigenvalue weighted by Crippen LogP contribution is 2.16. The van der Waals surface area contributed by atoms with Crippen LogP contribution < -0.4 is 10.6 Å². The van der Waals surface area contributed by atoms with Crippen molar-refractivity contribution in [3.63, 3.8) is 0 Å². The van der Waals surface area contributed by atoms with Crippen LogP contribution in [0.25, 0.3) is 0 Å². The Balaban J connectivity index is 2.08. The van der Waals surface area contributed by atoms with Crippen LogP contribution in [-0.2, 0) is 0 Å². The van der Waals surface area contributed by atoms with Crippen molar-refractivity contribution in [3.8, 4) is 0 Å². The molecule has 1 aromatic heterocycles. The van der Waals surface area contributed by atoms with Crippen molar-refractivity contribution in [2.24, 2.45) is 0 Å². The van der Waals surface area contributed by atoms with Crippen molar-refractivity contribution in [1.29, 1.82) is 0 Å². The van der Waals surface area contributed by atoms with Gasteiger partial charge in [0.1, 0.15) is 5.82 Å². The number of carbonyl (C=O) groups is 1. The van der Waals surface area contributed by atoms with Gasteiger partial charge in [-0.1, -0.05) is 23.8 Å². The van der Waals surface area contributed by atoms with Crippen LogP contribution in [0.5, 0.6) is 0 Å². The van der Waals surface area contributed by atoms with Gasteiger partial charge < -0.3 is 5.32 Å². The van der Waals surface area contributed by atoms with Gasteiger partial charge in [-0.25, -0.2) is 9.78 Å². The van der Waals surface area contributed by atoms with Crippen molar-refractivity contribution >= 4 is 17.5 Å². The third kappa shape index (κ3) is 3.31. The van der Waals surface area contributed by atoms with Gasteiger partial charge in [0.2, 0.25) is 0 Å². The number of nitrogens with one attached hydrogen (secondary N) is 2. The molecule has 0 fully saturated rings. The lowest BCUT2D eigenvalue weighted by molar-refractivity contribution is 0.262. The topological polar surface area (TPSA) is 54.0 Å². The predicted molar refractivity (Wildman–Crippen MR) is 77.5 cm³/mol. The molecule has 0 spiro atoms. The molecule has 19 heavy (non-hydrogen) atoms. The third-order valence-electron chi connectivity index (χ3n) is 2.87. The van der Waals surface area contributed by atoms with Crippen LogP contribution in [0.2, 0.25) is 0 Å². The van der Waals surface area contributed by atoms with E-state index in [1.54, 1.807) is 6.20 Å². The van der Waals surface area contributed by atoms with Gasteiger partial charge in [-0.2, -0.15) is 0 Å². The number of hydrogen-bond acceptors (Lipinski definition) is 2. The molecule has 0 radical (unpaired) electrons. The summed E-state index contributed by atoms with van der Waals surface area (Å²) in [6.07, 6.45) is 1.65. The molecule has 0 aliphatic carbocycles. The number of anilines is 2. The average molecular weight is 255 g/mol. The van der Waals surface area contributed by atoms with E-state index in [2.05, 4.69) is 15.6 Å². The zero-order valence-electron chi connectivity index (χ0n) is 11.3. The Morgan fingerprint density at radius 2 is 1.84 bits per heavy atom. The molecule has 0 aliphatic rings. The number of nitrogens with zero attached hydrogens (tertiary/aromatic N) is 1. The lowest BCUT2D eigenvalue weighted by Gasteiger charge is -2.11. The summed E-state index contributed by atoms with van der Waals surface area (Å²) in [6.45, 7) is 5.89. The van der Waals surface area contributed by atoms with Gasteiger partial charge in [0.05, 0.1) is 0 Å². The zero-order chi connectivity index (χ0) is 13.8. The second kappa shape index (κ2) is 5.52. The van der Waals surface area contributed by atoms with Crippen molar-refractivity contribution in [3.05, 3.63) is 53.2 Å².